The Morgan fingerprint density at radius 2 is 1.75 bits per heavy atom. The quantitative estimate of drug-likeness (QED) is 0.776. The number of hydrogen-bond acceptors (Lipinski definition) is 2. The molecular formula is C14H27NO. The largest absolute Gasteiger partial charge is 0.375 e. The van der Waals surface area contributed by atoms with Crippen LogP contribution in [0.5, 0.6) is 0 Å². The summed E-state index contributed by atoms with van der Waals surface area (Å²) < 4.78 is 6.03. The Bertz CT molecular complexity index is 210. The highest BCUT2D eigenvalue weighted by atomic mass is 16.5. The van der Waals surface area contributed by atoms with Crippen LogP contribution in [0.3, 0.4) is 0 Å². The molecule has 2 aliphatic heterocycles. The molecule has 2 bridgehead atoms. The first-order chi connectivity index (χ1) is 7.61. The lowest BCUT2D eigenvalue weighted by Crippen LogP contribution is -2.54. The molecule has 94 valence electrons. The van der Waals surface area contributed by atoms with E-state index in [0.717, 1.165) is 13.2 Å². The summed E-state index contributed by atoms with van der Waals surface area (Å²) in [6, 6.07) is 0.699. The van der Waals surface area contributed by atoms with Crippen LogP contribution in [0.4, 0.5) is 0 Å². The van der Waals surface area contributed by atoms with Crippen LogP contribution >= 0.6 is 0 Å². The second kappa shape index (κ2) is 4.66. The number of hydrogen-bond donors (Lipinski definition) is 1. The number of fused-ring (bicyclic) bond motifs is 3. The minimum Gasteiger partial charge on any atom is -0.375 e. The van der Waals surface area contributed by atoms with Gasteiger partial charge in [-0.2, -0.15) is 0 Å². The van der Waals surface area contributed by atoms with Gasteiger partial charge in [-0.1, -0.05) is 13.8 Å². The molecule has 1 aliphatic carbocycles. The Morgan fingerprint density at radius 1 is 1.12 bits per heavy atom. The van der Waals surface area contributed by atoms with Gasteiger partial charge in [-0.05, 0) is 45.4 Å². The van der Waals surface area contributed by atoms with Crippen LogP contribution in [0.25, 0.3) is 0 Å². The van der Waals surface area contributed by atoms with Crippen molar-refractivity contribution in [3.8, 4) is 0 Å². The second-order valence-electron chi connectivity index (χ2n) is 6.13. The standard InChI is InChI=1S/C14H27NO/c1-4-12(5-2)15-10-14-8-6-13(3,7-9-14)16-11-14/h12,15H,4-11H2,1-3H3. The van der Waals surface area contributed by atoms with Crippen LogP contribution in [0, 0.1) is 5.41 Å². The third-order valence-corrected chi connectivity index (χ3v) is 4.85. The molecule has 0 aromatic carbocycles. The van der Waals surface area contributed by atoms with Gasteiger partial charge in [0.1, 0.15) is 0 Å². The van der Waals surface area contributed by atoms with Gasteiger partial charge in [-0.15, -0.1) is 0 Å². The maximum atomic E-state index is 6.03. The predicted molar refractivity (Wildman–Crippen MR) is 67.6 cm³/mol. The van der Waals surface area contributed by atoms with E-state index >= 15 is 0 Å². The topological polar surface area (TPSA) is 21.3 Å². The molecule has 3 fully saturated rings. The molecule has 2 saturated heterocycles. The van der Waals surface area contributed by atoms with E-state index in [1.165, 1.54) is 38.5 Å². The molecule has 1 saturated carbocycles. The zero-order chi connectivity index (χ0) is 11.6. The lowest BCUT2D eigenvalue weighted by molar-refractivity contribution is -0.172. The Hall–Kier alpha value is -0.0800. The van der Waals surface area contributed by atoms with Gasteiger partial charge in [0.2, 0.25) is 0 Å². The van der Waals surface area contributed by atoms with Crippen LogP contribution in [-0.4, -0.2) is 24.8 Å². The van der Waals surface area contributed by atoms with Gasteiger partial charge in [-0.25, -0.2) is 0 Å². The highest BCUT2D eigenvalue weighted by Crippen LogP contribution is 2.48. The number of ether oxygens (including phenoxy) is 1. The average Bonchev–Trinajstić information content (AvgIpc) is 2.33. The van der Waals surface area contributed by atoms with Gasteiger partial charge in [0.05, 0.1) is 12.2 Å². The normalized spacial score (nSPS) is 38.2. The third-order valence-electron chi connectivity index (χ3n) is 4.85. The molecule has 0 aromatic rings. The first-order valence-electron chi connectivity index (χ1n) is 6.99. The van der Waals surface area contributed by atoms with Crippen molar-refractivity contribution in [2.24, 2.45) is 5.41 Å². The third kappa shape index (κ3) is 2.43. The molecule has 0 unspecified atom stereocenters. The number of rotatable bonds is 5. The summed E-state index contributed by atoms with van der Waals surface area (Å²) in [5.74, 6) is 0. The molecule has 2 heteroatoms. The molecule has 0 aromatic heterocycles. The Balaban J connectivity index is 1.85. The fourth-order valence-electron chi connectivity index (χ4n) is 3.09. The highest BCUT2D eigenvalue weighted by Gasteiger charge is 2.46. The molecule has 2 nitrogen and oxygen atoms in total. The van der Waals surface area contributed by atoms with Crippen molar-refractivity contribution in [3.05, 3.63) is 0 Å². The van der Waals surface area contributed by atoms with Gasteiger partial charge in [0, 0.05) is 18.0 Å². The second-order valence-corrected chi connectivity index (χ2v) is 6.13. The van der Waals surface area contributed by atoms with Crippen LogP contribution in [0.15, 0.2) is 0 Å². The molecule has 0 atom stereocenters. The first-order valence-corrected chi connectivity index (χ1v) is 6.99. The molecule has 3 aliphatic rings. The van der Waals surface area contributed by atoms with Crippen molar-refractivity contribution >= 4 is 0 Å². The Labute approximate surface area is 100 Å². The zero-order valence-corrected chi connectivity index (χ0v) is 11.1. The molecule has 1 N–H and O–H groups in total. The van der Waals surface area contributed by atoms with Gasteiger partial charge in [0.15, 0.2) is 0 Å². The fraction of sp³-hybridized carbons (Fsp3) is 1.00. The predicted octanol–water partition coefficient (Wildman–Crippen LogP) is 3.11. The molecule has 0 spiro atoms. The van der Waals surface area contributed by atoms with E-state index in [9.17, 15) is 0 Å². The number of nitrogens with one attached hydrogen (secondary N) is 1. The van der Waals surface area contributed by atoms with Crippen molar-refractivity contribution in [1.29, 1.82) is 0 Å². The highest BCUT2D eigenvalue weighted by molar-refractivity contribution is 4.98. The lowest BCUT2D eigenvalue weighted by atomic mass is 9.66. The van der Waals surface area contributed by atoms with Gasteiger partial charge >= 0.3 is 0 Å². The summed E-state index contributed by atoms with van der Waals surface area (Å²) in [7, 11) is 0. The summed E-state index contributed by atoms with van der Waals surface area (Å²) in [5, 5.41) is 3.74. The molecular weight excluding hydrogens is 198 g/mol. The van der Waals surface area contributed by atoms with E-state index in [0.29, 0.717) is 11.5 Å². The van der Waals surface area contributed by atoms with Crippen LogP contribution in [-0.2, 0) is 4.74 Å². The van der Waals surface area contributed by atoms with Gasteiger partial charge in [-0.3, -0.25) is 0 Å². The van der Waals surface area contributed by atoms with Crippen LogP contribution < -0.4 is 5.32 Å². The molecule has 3 rings (SSSR count). The summed E-state index contributed by atoms with van der Waals surface area (Å²) >= 11 is 0. The maximum Gasteiger partial charge on any atom is 0.0655 e. The van der Waals surface area contributed by atoms with E-state index in [4.69, 9.17) is 4.74 Å². The van der Waals surface area contributed by atoms with Crippen molar-refractivity contribution in [1.82, 2.24) is 5.32 Å². The minimum atomic E-state index is 0.219. The monoisotopic (exact) mass is 225 g/mol. The Morgan fingerprint density at radius 3 is 2.19 bits per heavy atom. The van der Waals surface area contributed by atoms with Crippen LogP contribution in [0.1, 0.15) is 59.3 Å². The van der Waals surface area contributed by atoms with Gasteiger partial charge < -0.3 is 10.1 Å². The summed E-state index contributed by atoms with van der Waals surface area (Å²) in [6.45, 7) is 8.97. The van der Waals surface area contributed by atoms with Crippen molar-refractivity contribution in [3.63, 3.8) is 0 Å². The molecule has 16 heavy (non-hydrogen) atoms. The van der Waals surface area contributed by atoms with Crippen molar-refractivity contribution < 1.29 is 4.74 Å². The van der Waals surface area contributed by atoms with E-state index in [1.807, 2.05) is 0 Å². The Kier molecular flexibility index (Phi) is 3.60. The summed E-state index contributed by atoms with van der Waals surface area (Å²) in [6.07, 6.45) is 7.72. The molecule has 0 radical (unpaired) electrons. The maximum absolute atomic E-state index is 6.03. The minimum absolute atomic E-state index is 0.219. The summed E-state index contributed by atoms with van der Waals surface area (Å²) in [5.41, 5.74) is 0.678. The summed E-state index contributed by atoms with van der Waals surface area (Å²) in [4.78, 5) is 0. The molecule has 0 amide bonds. The zero-order valence-electron chi connectivity index (χ0n) is 11.1. The van der Waals surface area contributed by atoms with E-state index < -0.39 is 0 Å². The fourth-order valence-corrected chi connectivity index (χ4v) is 3.09. The molecule has 2 heterocycles. The lowest BCUT2D eigenvalue weighted by Gasteiger charge is -2.52. The van der Waals surface area contributed by atoms with Gasteiger partial charge in [0.25, 0.3) is 0 Å². The van der Waals surface area contributed by atoms with E-state index in [2.05, 4.69) is 26.1 Å². The average molecular weight is 225 g/mol. The first kappa shape index (κ1) is 12.4. The van der Waals surface area contributed by atoms with E-state index in [-0.39, 0.29) is 5.60 Å². The van der Waals surface area contributed by atoms with Crippen LogP contribution in [0.2, 0.25) is 0 Å². The van der Waals surface area contributed by atoms with E-state index in [1.54, 1.807) is 0 Å². The smallest absolute Gasteiger partial charge is 0.0655 e. The van der Waals surface area contributed by atoms with Crippen molar-refractivity contribution in [2.75, 3.05) is 13.2 Å². The SMILES string of the molecule is CCC(CC)NCC12CCC(C)(CC1)OC2. The van der Waals surface area contributed by atoms with Crippen molar-refractivity contribution in [2.45, 2.75) is 70.9 Å².